The molecule has 2 atom stereocenters. The van der Waals surface area contributed by atoms with Crippen molar-refractivity contribution in [2.24, 2.45) is 5.73 Å². The monoisotopic (exact) mass is 482 g/mol. The number of rotatable bonds is 9. The molecule has 33 heavy (non-hydrogen) atoms. The van der Waals surface area contributed by atoms with Crippen LogP contribution in [-0.2, 0) is 24.3 Å². The molecular formula is C21H23FN2O8S. The maximum atomic E-state index is 13.4. The molecule has 2 unspecified atom stereocenters. The van der Waals surface area contributed by atoms with Gasteiger partial charge < -0.3 is 25.4 Å². The van der Waals surface area contributed by atoms with Crippen LogP contribution < -0.4 is 10.5 Å². The van der Waals surface area contributed by atoms with Crippen LogP contribution in [0.15, 0.2) is 53.4 Å². The second-order valence-corrected chi connectivity index (χ2v) is 9.31. The molecule has 1 amide bonds. The number of ether oxygens (including phenoxy) is 2. The van der Waals surface area contributed by atoms with Gasteiger partial charge in [-0.3, -0.25) is 9.59 Å². The zero-order chi connectivity index (χ0) is 24.2. The molecule has 0 aromatic heterocycles. The summed E-state index contributed by atoms with van der Waals surface area (Å²) in [7, 11) is -4.39. The minimum atomic E-state index is -4.39. The van der Waals surface area contributed by atoms with Crippen LogP contribution in [-0.4, -0.2) is 59.8 Å². The molecule has 178 valence electrons. The van der Waals surface area contributed by atoms with E-state index >= 15 is 0 Å². The van der Waals surface area contributed by atoms with E-state index in [1.54, 1.807) is 0 Å². The number of nitrogens with zero attached hydrogens (tertiary/aromatic N) is 1. The van der Waals surface area contributed by atoms with Crippen molar-refractivity contribution in [2.75, 3.05) is 13.2 Å². The lowest BCUT2D eigenvalue weighted by Crippen LogP contribution is -2.58. The number of aliphatic hydroxyl groups is 1. The van der Waals surface area contributed by atoms with Crippen LogP contribution in [0.1, 0.15) is 19.3 Å². The zero-order valence-corrected chi connectivity index (χ0v) is 18.2. The second-order valence-electron chi connectivity index (χ2n) is 7.45. The van der Waals surface area contributed by atoms with Gasteiger partial charge in [-0.05, 0) is 48.5 Å². The molecule has 2 aromatic rings. The fraction of sp³-hybridized carbons (Fsp3) is 0.333. The largest absolute Gasteiger partial charge is 0.481 e. The third-order valence-electron chi connectivity index (χ3n) is 5.11. The van der Waals surface area contributed by atoms with Crippen LogP contribution in [0, 0.1) is 5.82 Å². The molecular weight excluding hydrogens is 459 g/mol. The first-order valence-corrected chi connectivity index (χ1v) is 11.4. The SMILES string of the molecule is NC(=O)C1CC(O)(N(CCC(=O)O)S(=O)(=O)c2ccc(Oc3ccc(F)cc3)cc2)CCO1. The Hall–Kier alpha value is -3.06. The number of halogens is 1. The average Bonchev–Trinajstić information content (AvgIpc) is 2.75. The van der Waals surface area contributed by atoms with Gasteiger partial charge in [0.25, 0.3) is 0 Å². The lowest BCUT2D eigenvalue weighted by atomic mass is 9.98. The molecule has 12 heteroatoms. The van der Waals surface area contributed by atoms with Crippen LogP contribution >= 0.6 is 0 Å². The van der Waals surface area contributed by atoms with E-state index in [-0.39, 0.29) is 23.7 Å². The smallest absolute Gasteiger partial charge is 0.304 e. The summed E-state index contributed by atoms with van der Waals surface area (Å²) in [5.41, 5.74) is 3.17. The van der Waals surface area contributed by atoms with E-state index in [9.17, 15) is 27.5 Å². The highest BCUT2D eigenvalue weighted by Crippen LogP contribution is 2.34. The van der Waals surface area contributed by atoms with Crippen LogP contribution in [0.2, 0.25) is 0 Å². The fourth-order valence-electron chi connectivity index (χ4n) is 3.43. The minimum absolute atomic E-state index is 0.145. The minimum Gasteiger partial charge on any atom is -0.481 e. The highest BCUT2D eigenvalue weighted by Gasteiger charge is 2.47. The van der Waals surface area contributed by atoms with Crippen molar-refractivity contribution in [2.45, 2.75) is 36.0 Å². The Kier molecular flexibility index (Phi) is 7.32. The number of amides is 1. The number of carboxylic acids is 1. The normalized spacial score (nSPS) is 21.0. The molecule has 2 aromatic carbocycles. The number of primary amides is 1. The van der Waals surface area contributed by atoms with Crippen molar-refractivity contribution in [3.05, 3.63) is 54.3 Å². The molecule has 1 aliphatic heterocycles. The molecule has 0 spiro atoms. The number of aliphatic carboxylic acids is 1. The lowest BCUT2D eigenvalue weighted by Gasteiger charge is -2.42. The summed E-state index contributed by atoms with van der Waals surface area (Å²) in [4.78, 5) is 22.4. The van der Waals surface area contributed by atoms with Crippen molar-refractivity contribution in [1.82, 2.24) is 4.31 Å². The van der Waals surface area contributed by atoms with Crippen molar-refractivity contribution >= 4 is 21.9 Å². The maximum absolute atomic E-state index is 13.4. The van der Waals surface area contributed by atoms with Gasteiger partial charge in [0.2, 0.25) is 15.9 Å². The number of carbonyl (C=O) groups excluding carboxylic acids is 1. The number of carboxylic acid groups (broad SMARTS) is 1. The Morgan fingerprint density at radius 3 is 2.27 bits per heavy atom. The summed E-state index contributed by atoms with van der Waals surface area (Å²) in [6.45, 7) is -0.679. The summed E-state index contributed by atoms with van der Waals surface area (Å²) in [6, 6.07) is 10.4. The van der Waals surface area contributed by atoms with Crippen molar-refractivity contribution in [3.8, 4) is 11.5 Å². The van der Waals surface area contributed by atoms with Gasteiger partial charge in [-0.2, -0.15) is 4.31 Å². The molecule has 1 heterocycles. The van der Waals surface area contributed by atoms with E-state index in [1.165, 1.54) is 48.5 Å². The van der Waals surface area contributed by atoms with Crippen LogP contribution in [0.25, 0.3) is 0 Å². The van der Waals surface area contributed by atoms with Crippen molar-refractivity contribution in [3.63, 3.8) is 0 Å². The summed E-state index contributed by atoms with van der Waals surface area (Å²) < 4.78 is 51.2. The van der Waals surface area contributed by atoms with Gasteiger partial charge in [0.15, 0.2) is 0 Å². The molecule has 10 nitrogen and oxygen atoms in total. The Morgan fingerprint density at radius 1 is 1.15 bits per heavy atom. The summed E-state index contributed by atoms with van der Waals surface area (Å²) in [5, 5.41) is 20.2. The number of nitrogens with two attached hydrogens (primary N) is 1. The standard InChI is InChI=1S/C21H23FN2O8S/c22-14-1-3-15(4-2-14)32-16-5-7-17(8-6-16)33(29,30)24(11-9-19(25)26)21(28)10-12-31-18(13-21)20(23)27/h1-8,18,28H,9-13H2,(H2,23,27)(H,25,26). The maximum Gasteiger partial charge on any atom is 0.304 e. The van der Waals surface area contributed by atoms with E-state index in [0.717, 1.165) is 0 Å². The Labute approximate surface area is 189 Å². The van der Waals surface area contributed by atoms with Crippen molar-refractivity contribution in [1.29, 1.82) is 0 Å². The predicted octanol–water partition coefficient (Wildman–Crippen LogP) is 1.44. The Balaban J connectivity index is 1.88. The van der Waals surface area contributed by atoms with Crippen LogP contribution in [0.3, 0.4) is 0 Å². The summed E-state index contributed by atoms with van der Waals surface area (Å²) >= 11 is 0. The number of hydrogen-bond donors (Lipinski definition) is 3. The Bertz CT molecular complexity index is 1110. The quantitative estimate of drug-likeness (QED) is 0.453. The molecule has 1 aliphatic rings. The topological polar surface area (TPSA) is 156 Å². The van der Waals surface area contributed by atoms with E-state index < -0.39 is 58.9 Å². The number of benzene rings is 2. The molecule has 0 bridgehead atoms. The van der Waals surface area contributed by atoms with Crippen LogP contribution in [0.5, 0.6) is 11.5 Å². The number of hydrogen-bond acceptors (Lipinski definition) is 7. The first kappa shape index (κ1) is 24.6. The molecule has 1 fully saturated rings. The fourth-order valence-corrected chi connectivity index (χ4v) is 5.11. The zero-order valence-electron chi connectivity index (χ0n) is 17.4. The first-order chi connectivity index (χ1) is 15.5. The molecule has 4 N–H and O–H groups in total. The molecule has 0 saturated carbocycles. The van der Waals surface area contributed by atoms with E-state index in [0.29, 0.717) is 10.1 Å². The number of carbonyl (C=O) groups is 2. The predicted molar refractivity (Wildman–Crippen MR) is 112 cm³/mol. The lowest BCUT2D eigenvalue weighted by molar-refractivity contribution is -0.169. The van der Waals surface area contributed by atoms with Crippen LogP contribution in [0.4, 0.5) is 4.39 Å². The van der Waals surface area contributed by atoms with Gasteiger partial charge in [-0.1, -0.05) is 0 Å². The summed E-state index contributed by atoms with van der Waals surface area (Å²) in [6.07, 6.45) is -2.42. The molecule has 0 aliphatic carbocycles. The summed E-state index contributed by atoms with van der Waals surface area (Å²) in [5.74, 6) is -1.96. The van der Waals surface area contributed by atoms with Crippen molar-refractivity contribution < 1.29 is 42.1 Å². The first-order valence-electron chi connectivity index (χ1n) is 9.93. The third-order valence-corrected chi connectivity index (χ3v) is 7.08. The second kappa shape index (κ2) is 9.83. The highest BCUT2D eigenvalue weighted by atomic mass is 32.2. The van der Waals surface area contributed by atoms with Gasteiger partial charge in [-0.15, -0.1) is 0 Å². The molecule has 3 rings (SSSR count). The Morgan fingerprint density at radius 2 is 1.73 bits per heavy atom. The highest BCUT2D eigenvalue weighted by molar-refractivity contribution is 7.89. The van der Waals surface area contributed by atoms with Gasteiger partial charge in [-0.25, -0.2) is 12.8 Å². The molecule has 1 saturated heterocycles. The van der Waals surface area contributed by atoms with Gasteiger partial charge in [0.1, 0.15) is 29.1 Å². The van der Waals surface area contributed by atoms with Gasteiger partial charge in [0.05, 0.1) is 17.9 Å². The van der Waals surface area contributed by atoms with E-state index in [1.807, 2.05) is 0 Å². The number of sulfonamides is 1. The van der Waals surface area contributed by atoms with Gasteiger partial charge >= 0.3 is 5.97 Å². The van der Waals surface area contributed by atoms with E-state index in [2.05, 4.69) is 0 Å². The van der Waals surface area contributed by atoms with Gasteiger partial charge in [0, 0.05) is 19.4 Å². The average molecular weight is 482 g/mol. The van der Waals surface area contributed by atoms with E-state index in [4.69, 9.17) is 20.3 Å². The molecule has 0 radical (unpaired) electrons. The third kappa shape index (κ3) is 5.85.